The highest BCUT2D eigenvalue weighted by atomic mass is 16.1. The van der Waals surface area contributed by atoms with Crippen LogP contribution in [-0.2, 0) is 0 Å². The molecule has 0 atom stereocenters. The maximum absolute atomic E-state index is 11.4. The van der Waals surface area contributed by atoms with Crippen LogP contribution >= 0.6 is 0 Å². The van der Waals surface area contributed by atoms with Gasteiger partial charge in [-0.2, -0.15) is 5.26 Å². The van der Waals surface area contributed by atoms with Gasteiger partial charge in [-0.1, -0.05) is 24.3 Å². The van der Waals surface area contributed by atoms with Crippen LogP contribution in [0.5, 0.6) is 0 Å². The number of benzene rings is 2. The Balaban J connectivity index is 1.96. The Bertz CT molecular complexity index is 1180. The first-order valence-corrected chi connectivity index (χ1v) is 8.50. The number of nitrogens with zero attached hydrogens (tertiary/aromatic N) is 2. The standard InChI is InChI=1S/C23H15N3O/c24-14-16-5-1-2-6-21(16)19-11-18(17-8-9-23(27)26-15-17)12-20(13-19)22-7-3-4-10-25-22/h1-13,15H,(H,26,27). The van der Waals surface area contributed by atoms with Crippen molar-refractivity contribution in [3.8, 4) is 39.6 Å². The molecule has 4 heteroatoms. The Morgan fingerprint density at radius 3 is 2.33 bits per heavy atom. The van der Waals surface area contributed by atoms with E-state index in [1.807, 2.05) is 60.7 Å². The molecule has 0 unspecified atom stereocenters. The lowest BCUT2D eigenvalue weighted by molar-refractivity contribution is 1.24. The zero-order chi connectivity index (χ0) is 18.6. The van der Waals surface area contributed by atoms with Gasteiger partial charge in [-0.3, -0.25) is 9.78 Å². The summed E-state index contributed by atoms with van der Waals surface area (Å²) in [5.41, 5.74) is 5.89. The molecule has 27 heavy (non-hydrogen) atoms. The minimum Gasteiger partial charge on any atom is -0.328 e. The lowest BCUT2D eigenvalue weighted by Gasteiger charge is -2.11. The smallest absolute Gasteiger partial charge is 0.247 e. The normalized spacial score (nSPS) is 10.3. The molecule has 0 amide bonds. The summed E-state index contributed by atoms with van der Waals surface area (Å²) < 4.78 is 0. The van der Waals surface area contributed by atoms with Gasteiger partial charge in [-0.15, -0.1) is 0 Å². The minimum absolute atomic E-state index is 0.144. The second-order valence-electron chi connectivity index (χ2n) is 6.11. The van der Waals surface area contributed by atoms with E-state index >= 15 is 0 Å². The van der Waals surface area contributed by atoms with Crippen LogP contribution in [0.2, 0.25) is 0 Å². The Hall–Kier alpha value is -3.97. The van der Waals surface area contributed by atoms with E-state index in [1.54, 1.807) is 18.5 Å². The van der Waals surface area contributed by atoms with Crippen LogP contribution in [0.4, 0.5) is 0 Å². The van der Waals surface area contributed by atoms with Gasteiger partial charge in [0, 0.05) is 24.0 Å². The molecule has 0 saturated carbocycles. The molecular formula is C23H15N3O. The second-order valence-corrected chi connectivity index (χ2v) is 6.11. The van der Waals surface area contributed by atoms with Crippen molar-refractivity contribution in [3.63, 3.8) is 0 Å². The van der Waals surface area contributed by atoms with E-state index in [0.717, 1.165) is 33.5 Å². The van der Waals surface area contributed by atoms with Gasteiger partial charge >= 0.3 is 0 Å². The summed E-state index contributed by atoms with van der Waals surface area (Å²) in [6, 6.07) is 24.9. The van der Waals surface area contributed by atoms with Gasteiger partial charge in [0.25, 0.3) is 0 Å². The van der Waals surface area contributed by atoms with Crippen LogP contribution in [0.3, 0.4) is 0 Å². The predicted octanol–water partition coefficient (Wildman–Crippen LogP) is 4.64. The second kappa shape index (κ2) is 7.11. The van der Waals surface area contributed by atoms with Crippen LogP contribution in [0.25, 0.3) is 33.5 Å². The first-order valence-electron chi connectivity index (χ1n) is 8.50. The minimum atomic E-state index is -0.144. The molecule has 2 aromatic carbocycles. The lowest BCUT2D eigenvalue weighted by atomic mass is 9.93. The highest BCUT2D eigenvalue weighted by Gasteiger charge is 2.10. The van der Waals surface area contributed by atoms with Crippen LogP contribution < -0.4 is 5.56 Å². The first kappa shape index (κ1) is 16.5. The van der Waals surface area contributed by atoms with Gasteiger partial charge < -0.3 is 4.98 Å². The van der Waals surface area contributed by atoms with E-state index in [-0.39, 0.29) is 5.56 Å². The molecule has 4 nitrogen and oxygen atoms in total. The van der Waals surface area contributed by atoms with Crippen molar-refractivity contribution in [1.82, 2.24) is 9.97 Å². The third-order valence-electron chi connectivity index (χ3n) is 4.37. The van der Waals surface area contributed by atoms with Gasteiger partial charge in [-0.25, -0.2) is 0 Å². The molecule has 4 rings (SSSR count). The molecule has 0 radical (unpaired) electrons. The lowest BCUT2D eigenvalue weighted by Crippen LogP contribution is -2.01. The quantitative estimate of drug-likeness (QED) is 0.586. The predicted molar refractivity (Wildman–Crippen MR) is 106 cm³/mol. The van der Waals surface area contributed by atoms with E-state index in [9.17, 15) is 10.1 Å². The number of rotatable bonds is 3. The van der Waals surface area contributed by atoms with Crippen molar-refractivity contribution < 1.29 is 0 Å². The maximum Gasteiger partial charge on any atom is 0.247 e. The van der Waals surface area contributed by atoms with Crippen molar-refractivity contribution in [2.75, 3.05) is 0 Å². The Morgan fingerprint density at radius 2 is 1.59 bits per heavy atom. The zero-order valence-corrected chi connectivity index (χ0v) is 14.4. The molecule has 2 heterocycles. The average Bonchev–Trinajstić information content (AvgIpc) is 2.74. The first-order chi connectivity index (χ1) is 13.2. The molecule has 0 aliphatic rings. The number of hydrogen-bond donors (Lipinski definition) is 1. The summed E-state index contributed by atoms with van der Waals surface area (Å²) in [7, 11) is 0. The van der Waals surface area contributed by atoms with E-state index in [1.165, 1.54) is 6.07 Å². The number of pyridine rings is 2. The van der Waals surface area contributed by atoms with Gasteiger partial charge in [-0.05, 0) is 64.7 Å². The van der Waals surface area contributed by atoms with Crippen molar-refractivity contribution in [2.45, 2.75) is 0 Å². The van der Waals surface area contributed by atoms with Crippen molar-refractivity contribution in [3.05, 3.63) is 101 Å². The molecule has 0 fully saturated rings. The molecule has 4 aromatic rings. The number of aromatic amines is 1. The van der Waals surface area contributed by atoms with Crippen molar-refractivity contribution in [2.24, 2.45) is 0 Å². The molecule has 0 spiro atoms. The summed E-state index contributed by atoms with van der Waals surface area (Å²) in [6.07, 6.45) is 3.45. The fourth-order valence-electron chi connectivity index (χ4n) is 3.05. The highest BCUT2D eigenvalue weighted by molar-refractivity contribution is 5.81. The fraction of sp³-hybridized carbons (Fsp3) is 0. The van der Waals surface area contributed by atoms with Crippen LogP contribution in [0, 0.1) is 11.3 Å². The van der Waals surface area contributed by atoms with Gasteiger partial charge in [0.05, 0.1) is 17.3 Å². The zero-order valence-electron chi connectivity index (χ0n) is 14.4. The summed E-state index contributed by atoms with van der Waals surface area (Å²) >= 11 is 0. The van der Waals surface area contributed by atoms with E-state index in [2.05, 4.69) is 16.0 Å². The summed E-state index contributed by atoms with van der Waals surface area (Å²) in [5, 5.41) is 9.48. The van der Waals surface area contributed by atoms with E-state index < -0.39 is 0 Å². The number of H-pyrrole nitrogens is 1. The number of aromatic nitrogens is 2. The molecule has 0 bridgehead atoms. The monoisotopic (exact) mass is 349 g/mol. The van der Waals surface area contributed by atoms with Crippen molar-refractivity contribution in [1.29, 1.82) is 5.26 Å². The van der Waals surface area contributed by atoms with E-state index in [4.69, 9.17) is 0 Å². The fourth-order valence-corrected chi connectivity index (χ4v) is 3.05. The van der Waals surface area contributed by atoms with E-state index in [0.29, 0.717) is 5.56 Å². The summed E-state index contributed by atoms with van der Waals surface area (Å²) in [4.78, 5) is 18.6. The molecule has 0 aliphatic carbocycles. The maximum atomic E-state index is 11.4. The molecule has 1 N–H and O–H groups in total. The van der Waals surface area contributed by atoms with Crippen molar-refractivity contribution >= 4 is 0 Å². The largest absolute Gasteiger partial charge is 0.328 e. The van der Waals surface area contributed by atoms with Gasteiger partial charge in [0.2, 0.25) is 5.56 Å². The van der Waals surface area contributed by atoms with Gasteiger partial charge in [0.15, 0.2) is 0 Å². The molecular weight excluding hydrogens is 334 g/mol. The molecule has 128 valence electrons. The van der Waals surface area contributed by atoms with Crippen LogP contribution in [-0.4, -0.2) is 9.97 Å². The number of nitriles is 1. The Morgan fingerprint density at radius 1 is 0.815 bits per heavy atom. The number of hydrogen-bond acceptors (Lipinski definition) is 3. The third kappa shape index (κ3) is 3.39. The van der Waals surface area contributed by atoms with Gasteiger partial charge in [0.1, 0.15) is 0 Å². The summed E-state index contributed by atoms with van der Waals surface area (Å²) in [6.45, 7) is 0. The van der Waals surface area contributed by atoms with Crippen LogP contribution in [0.15, 0.2) is 90.0 Å². The number of nitrogens with one attached hydrogen (secondary N) is 1. The Labute approximate surface area is 156 Å². The average molecular weight is 349 g/mol. The molecule has 2 aromatic heterocycles. The summed E-state index contributed by atoms with van der Waals surface area (Å²) in [5.74, 6) is 0. The Kier molecular flexibility index (Phi) is 4.34. The molecule has 0 saturated heterocycles. The highest BCUT2D eigenvalue weighted by Crippen LogP contribution is 2.33. The SMILES string of the molecule is N#Cc1ccccc1-c1cc(-c2ccc(=O)[nH]c2)cc(-c2ccccn2)c1. The topological polar surface area (TPSA) is 69.5 Å². The molecule has 0 aliphatic heterocycles. The van der Waals surface area contributed by atoms with Crippen LogP contribution in [0.1, 0.15) is 5.56 Å². The third-order valence-corrected chi connectivity index (χ3v) is 4.37.